The number of nitrogen functional groups attached to an aromatic ring is 1. The summed E-state index contributed by atoms with van der Waals surface area (Å²) >= 11 is 0. The van der Waals surface area contributed by atoms with Crippen LogP contribution in [0.5, 0.6) is 0 Å². The van der Waals surface area contributed by atoms with Crippen molar-refractivity contribution in [2.45, 2.75) is 6.92 Å². The first-order valence-electron chi connectivity index (χ1n) is 8.03. The van der Waals surface area contributed by atoms with Crippen molar-refractivity contribution < 1.29 is 18.0 Å². The number of amides is 2. The van der Waals surface area contributed by atoms with Crippen LogP contribution in [-0.2, 0) is 0 Å². The fourth-order valence-electron chi connectivity index (χ4n) is 3.07. The lowest BCUT2D eigenvalue weighted by Gasteiger charge is -2.37. The van der Waals surface area contributed by atoms with Gasteiger partial charge < -0.3 is 20.4 Å². The Morgan fingerprint density at radius 1 is 1.04 bits per heavy atom. The molecule has 2 N–H and O–H groups in total. The number of aryl methyl sites for hydroxylation is 1. The average molecular weight is 368 g/mol. The van der Waals surface area contributed by atoms with E-state index < -0.39 is 28.5 Å². The Hall–Kier alpha value is -2.78. The van der Waals surface area contributed by atoms with Gasteiger partial charge in [-0.3, -0.25) is 0 Å². The minimum Gasteiger partial charge on any atom is -0.383 e. The van der Waals surface area contributed by atoms with Crippen LogP contribution in [0.4, 0.5) is 29.5 Å². The number of anilines is 2. The second kappa shape index (κ2) is 6.50. The fraction of sp³-hybridized carbons (Fsp3) is 0.438. The van der Waals surface area contributed by atoms with E-state index >= 15 is 0 Å². The number of aromatic nitrogens is 2. The molecule has 26 heavy (non-hydrogen) atoms. The van der Waals surface area contributed by atoms with E-state index in [1.807, 2.05) is 0 Å². The number of urea groups is 1. The van der Waals surface area contributed by atoms with Crippen LogP contribution in [0.25, 0.3) is 10.9 Å². The Labute approximate surface area is 148 Å². The molecule has 2 heterocycles. The molecule has 1 aromatic carbocycles. The zero-order valence-corrected chi connectivity index (χ0v) is 14.7. The predicted molar refractivity (Wildman–Crippen MR) is 91.4 cm³/mol. The second-order valence-electron chi connectivity index (χ2n) is 6.32. The van der Waals surface area contributed by atoms with Gasteiger partial charge in [0.15, 0.2) is 17.5 Å². The van der Waals surface area contributed by atoms with Crippen LogP contribution < -0.4 is 10.6 Å². The summed E-state index contributed by atoms with van der Waals surface area (Å²) in [6.07, 6.45) is 0. The largest absolute Gasteiger partial charge is 0.383 e. The highest BCUT2D eigenvalue weighted by atomic mass is 19.2. The number of nitrogens with zero attached hydrogens (tertiary/aromatic N) is 5. The summed E-state index contributed by atoms with van der Waals surface area (Å²) in [4.78, 5) is 24.0. The standard InChI is InChI=1S/C16H19F3N6O/c1-8-21-13-9(15(20)22-8)10(17)11(18)14(12(13)19)24-4-6-25(7-5-24)16(26)23(2)3/h4-7H2,1-3H3,(H2,20,21,22). The van der Waals surface area contributed by atoms with Crippen molar-refractivity contribution in [1.29, 1.82) is 0 Å². The number of benzene rings is 1. The number of fused-ring (bicyclic) bond motifs is 1. The lowest BCUT2D eigenvalue weighted by Crippen LogP contribution is -2.52. The molecule has 0 saturated carbocycles. The zero-order valence-electron chi connectivity index (χ0n) is 14.7. The van der Waals surface area contributed by atoms with Crippen molar-refractivity contribution >= 4 is 28.4 Å². The van der Waals surface area contributed by atoms with Gasteiger partial charge in [0, 0.05) is 40.3 Å². The Morgan fingerprint density at radius 3 is 2.23 bits per heavy atom. The van der Waals surface area contributed by atoms with Crippen molar-refractivity contribution in [1.82, 2.24) is 19.8 Å². The van der Waals surface area contributed by atoms with Gasteiger partial charge in [0.1, 0.15) is 22.8 Å². The SMILES string of the molecule is Cc1nc(N)c2c(F)c(F)c(N3CCN(C(=O)N(C)C)CC3)c(F)c2n1. The molecule has 1 aromatic heterocycles. The van der Waals surface area contributed by atoms with E-state index in [0.717, 1.165) is 0 Å². The van der Waals surface area contributed by atoms with Crippen LogP contribution in [0, 0.1) is 24.4 Å². The van der Waals surface area contributed by atoms with E-state index in [1.54, 1.807) is 19.0 Å². The molecule has 0 spiro atoms. The van der Waals surface area contributed by atoms with Crippen LogP contribution in [0.2, 0.25) is 0 Å². The molecule has 3 rings (SSSR count). The van der Waals surface area contributed by atoms with Crippen LogP contribution >= 0.6 is 0 Å². The summed E-state index contributed by atoms with van der Waals surface area (Å²) in [5.74, 6) is -3.74. The van der Waals surface area contributed by atoms with Crippen LogP contribution in [0.15, 0.2) is 0 Å². The normalized spacial score (nSPS) is 14.8. The third-order valence-electron chi connectivity index (χ3n) is 4.33. The van der Waals surface area contributed by atoms with Crippen LogP contribution in [0.1, 0.15) is 5.82 Å². The molecule has 0 unspecified atom stereocenters. The maximum Gasteiger partial charge on any atom is 0.319 e. The first kappa shape index (κ1) is 18.0. The molecule has 2 aromatic rings. The molecule has 1 aliphatic rings. The second-order valence-corrected chi connectivity index (χ2v) is 6.32. The average Bonchev–Trinajstić information content (AvgIpc) is 2.59. The van der Waals surface area contributed by atoms with Crippen LogP contribution in [0.3, 0.4) is 0 Å². The lowest BCUT2D eigenvalue weighted by molar-refractivity contribution is 0.167. The van der Waals surface area contributed by atoms with Crippen molar-refractivity contribution in [2.75, 3.05) is 50.9 Å². The van der Waals surface area contributed by atoms with Gasteiger partial charge >= 0.3 is 6.03 Å². The summed E-state index contributed by atoms with van der Waals surface area (Å²) in [7, 11) is 3.25. The molecule has 0 aliphatic carbocycles. The highest BCUT2D eigenvalue weighted by Crippen LogP contribution is 2.35. The van der Waals surface area contributed by atoms with Gasteiger partial charge in [-0.1, -0.05) is 0 Å². The highest BCUT2D eigenvalue weighted by molar-refractivity contribution is 5.92. The summed E-state index contributed by atoms with van der Waals surface area (Å²) in [6.45, 7) is 2.35. The summed E-state index contributed by atoms with van der Waals surface area (Å²) < 4.78 is 44.0. The molecule has 1 saturated heterocycles. The number of halogens is 3. The van der Waals surface area contributed by atoms with Gasteiger partial charge in [0.25, 0.3) is 0 Å². The van der Waals surface area contributed by atoms with E-state index in [-0.39, 0.29) is 49.4 Å². The molecular weight excluding hydrogens is 349 g/mol. The van der Waals surface area contributed by atoms with Gasteiger partial charge in [-0.2, -0.15) is 0 Å². The topological polar surface area (TPSA) is 78.6 Å². The molecule has 1 fully saturated rings. The van der Waals surface area contributed by atoms with Gasteiger partial charge in [-0.05, 0) is 6.92 Å². The Morgan fingerprint density at radius 2 is 1.65 bits per heavy atom. The van der Waals surface area contributed by atoms with Crippen molar-refractivity contribution in [3.63, 3.8) is 0 Å². The first-order chi connectivity index (χ1) is 12.2. The molecule has 0 bridgehead atoms. The van der Waals surface area contributed by atoms with E-state index in [1.165, 1.54) is 16.7 Å². The van der Waals surface area contributed by atoms with Gasteiger partial charge in [0.05, 0.1) is 5.39 Å². The summed E-state index contributed by atoms with van der Waals surface area (Å²) in [6, 6.07) is -0.188. The van der Waals surface area contributed by atoms with Gasteiger partial charge in [0.2, 0.25) is 0 Å². The molecule has 10 heteroatoms. The zero-order chi connectivity index (χ0) is 19.2. The van der Waals surface area contributed by atoms with E-state index in [4.69, 9.17) is 5.73 Å². The number of carbonyl (C=O) groups excluding carboxylic acids is 1. The number of hydrogen-bond acceptors (Lipinski definition) is 5. The maximum atomic E-state index is 15.0. The molecule has 0 atom stereocenters. The van der Waals surface area contributed by atoms with E-state index in [0.29, 0.717) is 0 Å². The van der Waals surface area contributed by atoms with Gasteiger partial charge in [-0.15, -0.1) is 0 Å². The van der Waals surface area contributed by atoms with Gasteiger partial charge in [-0.25, -0.2) is 27.9 Å². The predicted octanol–water partition coefficient (Wildman–Crippen LogP) is 1.74. The number of carbonyl (C=O) groups is 1. The molecule has 140 valence electrons. The number of hydrogen-bond donors (Lipinski definition) is 1. The smallest absolute Gasteiger partial charge is 0.319 e. The lowest BCUT2D eigenvalue weighted by atomic mass is 10.1. The minimum atomic E-state index is -1.33. The van der Waals surface area contributed by atoms with E-state index in [2.05, 4.69) is 9.97 Å². The third kappa shape index (κ3) is 2.85. The number of rotatable bonds is 1. The fourth-order valence-corrected chi connectivity index (χ4v) is 3.07. The van der Waals surface area contributed by atoms with Crippen molar-refractivity contribution in [3.05, 3.63) is 23.3 Å². The molecule has 0 radical (unpaired) electrons. The minimum absolute atomic E-state index is 0.159. The van der Waals surface area contributed by atoms with Crippen molar-refractivity contribution in [2.24, 2.45) is 0 Å². The monoisotopic (exact) mass is 368 g/mol. The maximum absolute atomic E-state index is 15.0. The Kier molecular flexibility index (Phi) is 4.51. The Balaban J connectivity index is 2.01. The van der Waals surface area contributed by atoms with E-state index in [9.17, 15) is 18.0 Å². The molecule has 2 amide bonds. The Bertz CT molecular complexity index is 880. The van der Waals surface area contributed by atoms with Crippen molar-refractivity contribution in [3.8, 4) is 0 Å². The summed E-state index contributed by atoms with van der Waals surface area (Å²) in [5, 5.41) is -0.462. The molecular formula is C16H19F3N6O. The first-order valence-corrected chi connectivity index (χ1v) is 8.03. The molecule has 7 nitrogen and oxygen atoms in total. The quantitative estimate of drug-likeness (QED) is 0.776. The number of piperazine rings is 1. The van der Waals surface area contributed by atoms with Crippen LogP contribution in [-0.4, -0.2) is 66.1 Å². The third-order valence-corrected chi connectivity index (χ3v) is 4.33. The summed E-state index contributed by atoms with van der Waals surface area (Å²) in [5.41, 5.74) is 4.77. The highest BCUT2D eigenvalue weighted by Gasteiger charge is 2.30. The number of nitrogens with two attached hydrogens (primary N) is 1. The molecule has 1 aliphatic heterocycles.